The van der Waals surface area contributed by atoms with Gasteiger partial charge in [-0.25, -0.2) is 0 Å². The van der Waals surface area contributed by atoms with Gasteiger partial charge < -0.3 is 4.90 Å². The van der Waals surface area contributed by atoms with Crippen molar-refractivity contribution in [2.45, 2.75) is 5.38 Å². The normalized spacial score (nSPS) is 29.5. The summed E-state index contributed by atoms with van der Waals surface area (Å²) in [5, 5.41) is -0.375. The molecule has 0 N–H and O–H groups in total. The Hall–Kier alpha value is -0.240. The van der Waals surface area contributed by atoms with E-state index in [0.29, 0.717) is 6.54 Å². The van der Waals surface area contributed by atoms with Crippen LogP contribution in [0.25, 0.3) is 0 Å². The zero-order valence-corrected chi connectivity index (χ0v) is 5.35. The summed E-state index contributed by atoms with van der Waals surface area (Å²) in [5.74, 6) is 0.00617. The Balaban J connectivity index is 2.57. The van der Waals surface area contributed by atoms with Crippen LogP contribution in [-0.2, 0) is 4.79 Å². The lowest BCUT2D eigenvalue weighted by Crippen LogP contribution is -2.22. The second-order valence-corrected chi connectivity index (χ2v) is 2.33. The molecule has 0 aromatic carbocycles. The van der Waals surface area contributed by atoms with Crippen LogP contribution in [0.2, 0.25) is 0 Å². The number of rotatable bonds is 0. The van der Waals surface area contributed by atoms with Crippen molar-refractivity contribution in [1.82, 2.24) is 4.90 Å². The van der Waals surface area contributed by atoms with Crippen LogP contribution >= 0.6 is 11.6 Å². The van der Waals surface area contributed by atoms with Crippen LogP contribution in [0.4, 0.5) is 0 Å². The van der Waals surface area contributed by atoms with Gasteiger partial charge in [-0.1, -0.05) is 0 Å². The SMILES string of the molecule is CN1C[CH]C(Cl)C1=O. The molecule has 1 radical (unpaired) electrons. The first-order valence-electron chi connectivity index (χ1n) is 2.44. The zero-order chi connectivity index (χ0) is 6.15. The Morgan fingerprint density at radius 1 is 2.00 bits per heavy atom. The van der Waals surface area contributed by atoms with E-state index in [4.69, 9.17) is 11.6 Å². The van der Waals surface area contributed by atoms with Crippen molar-refractivity contribution in [2.75, 3.05) is 13.6 Å². The summed E-state index contributed by atoms with van der Waals surface area (Å²) < 4.78 is 0. The molecule has 1 unspecified atom stereocenters. The Labute approximate surface area is 53.4 Å². The molecule has 0 spiro atoms. The third-order valence-corrected chi connectivity index (χ3v) is 1.56. The van der Waals surface area contributed by atoms with E-state index in [-0.39, 0.29) is 11.3 Å². The highest BCUT2D eigenvalue weighted by Gasteiger charge is 2.26. The summed E-state index contributed by atoms with van der Waals surface area (Å²) in [6.07, 6.45) is 1.78. The molecule has 1 fully saturated rings. The van der Waals surface area contributed by atoms with Gasteiger partial charge in [0.1, 0.15) is 5.38 Å². The fraction of sp³-hybridized carbons (Fsp3) is 0.600. The Morgan fingerprint density at radius 2 is 2.62 bits per heavy atom. The fourth-order valence-electron chi connectivity index (χ4n) is 0.652. The molecule has 0 aliphatic carbocycles. The van der Waals surface area contributed by atoms with E-state index < -0.39 is 0 Å². The molecular weight excluding hydrogens is 126 g/mol. The third-order valence-electron chi connectivity index (χ3n) is 1.20. The number of hydrogen-bond acceptors (Lipinski definition) is 1. The maximum atomic E-state index is 10.7. The second kappa shape index (κ2) is 1.94. The number of hydrogen-bond donors (Lipinski definition) is 0. The molecule has 1 aliphatic heterocycles. The predicted octanol–water partition coefficient (Wildman–Crippen LogP) is 0.270. The van der Waals surface area contributed by atoms with E-state index in [1.54, 1.807) is 18.4 Å². The van der Waals surface area contributed by atoms with Crippen molar-refractivity contribution in [3.05, 3.63) is 6.42 Å². The Morgan fingerprint density at radius 3 is 2.75 bits per heavy atom. The van der Waals surface area contributed by atoms with Gasteiger partial charge in [0.15, 0.2) is 0 Å². The minimum Gasteiger partial charge on any atom is -0.344 e. The molecule has 1 atom stereocenters. The first-order chi connectivity index (χ1) is 3.72. The number of likely N-dealkylation sites (tertiary alicyclic amines) is 1. The molecule has 45 valence electrons. The van der Waals surface area contributed by atoms with E-state index in [1.807, 2.05) is 0 Å². The van der Waals surface area contributed by atoms with Crippen molar-refractivity contribution in [2.24, 2.45) is 0 Å². The van der Waals surface area contributed by atoms with Crippen LogP contribution in [0.3, 0.4) is 0 Å². The van der Waals surface area contributed by atoms with Crippen LogP contribution in [0.1, 0.15) is 0 Å². The predicted molar refractivity (Wildman–Crippen MR) is 31.6 cm³/mol. The number of carbonyl (C=O) groups excluding carboxylic acids is 1. The van der Waals surface area contributed by atoms with Crippen molar-refractivity contribution in [3.8, 4) is 0 Å². The number of carbonyl (C=O) groups is 1. The van der Waals surface area contributed by atoms with Crippen LogP contribution in [0, 0.1) is 6.42 Å². The number of amides is 1. The maximum absolute atomic E-state index is 10.7. The number of nitrogens with zero attached hydrogens (tertiary/aromatic N) is 1. The van der Waals surface area contributed by atoms with Gasteiger partial charge in [-0.3, -0.25) is 4.79 Å². The largest absolute Gasteiger partial charge is 0.344 e. The average Bonchev–Trinajstić information content (AvgIpc) is 1.98. The van der Waals surface area contributed by atoms with E-state index in [0.717, 1.165) is 0 Å². The van der Waals surface area contributed by atoms with Gasteiger partial charge in [-0.05, 0) is 0 Å². The fourth-order valence-corrected chi connectivity index (χ4v) is 0.898. The summed E-state index contributed by atoms with van der Waals surface area (Å²) in [6.45, 7) is 0.688. The molecule has 8 heavy (non-hydrogen) atoms. The Kier molecular flexibility index (Phi) is 1.43. The van der Waals surface area contributed by atoms with Gasteiger partial charge in [-0.2, -0.15) is 0 Å². The molecule has 3 heteroatoms. The van der Waals surface area contributed by atoms with Gasteiger partial charge in [-0.15, -0.1) is 11.6 Å². The highest BCUT2D eigenvalue weighted by molar-refractivity contribution is 6.32. The topological polar surface area (TPSA) is 20.3 Å². The summed E-state index contributed by atoms with van der Waals surface area (Å²) in [4.78, 5) is 12.3. The Bertz CT molecular complexity index is 103. The van der Waals surface area contributed by atoms with E-state index in [9.17, 15) is 4.79 Å². The van der Waals surface area contributed by atoms with Gasteiger partial charge in [0.25, 0.3) is 0 Å². The lowest BCUT2D eigenvalue weighted by atomic mass is 10.4. The molecule has 0 bridgehead atoms. The molecule has 1 amide bonds. The first kappa shape index (κ1) is 5.89. The van der Waals surface area contributed by atoms with Crippen LogP contribution in [-0.4, -0.2) is 29.8 Å². The summed E-state index contributed by atoms with van der Waals surface area (Å²) in [5.41, 5.74) is 0. The van der Waals surface area contributed by atoms with Crippen LogP contribution in [0.5, 0.6) is 0 Å². The van der Waals surface area contributed by atoms with Crippen molar-refractivity contribution in [3.63, 3.8) is 0 Å². The number of alkyl halides is 1. The van der Waals surface area contributed by atoms with Crippen molar-refractivity contribution >= 4 is 17.5 Å². The molecule has 0 aromatic rings. The molecule has 0 saturated carbocycles. The van der Waals surface area contributed by atoms with Gasteiger partial charge in [0, 0.05) is 20.0 Å². The van der Waals surface area contributed by atoms with Crippen molar-refractivity contribution < 1.29 is 4.79 Å². The van der Waals surface area contributed by atoms with E-state index in [2.05, 4.69) is 0 Å². The van der Waals surface area contributed by atoms with E-state index >= 15 is 0 Å². The van der Waals surface area contributed by atoms with Crippen LogP contribution in [0.15, 0.2) is 0 Å². The maximum Gasteiger partial charge on any atom is 0.240 e. The summed E-state index contributed by atoms with van der Waals surface area (Å²) >= 11 is 5.51. The minimum atomic E-state index is -0.375. The molecule has 1 aliphatic rings. The standard InChI is InChI=1S/C5H7ClNO/c1-7-3-2-4(6)5(7)8/h2,4H,3H2,1H3. The smallest absolute Gasteiger partial charge is 0.240 e. The molecule has 0 aromatic heterocycles. The number of halogens is 1. The first-order valence-corrected chi connectivity index (χ1v) is 2.88. The van der Waals surface area contributed by atoms with Crippen molar-refractivity contribution in [1.29, 1.82) is 0 Å². The minimum absolute atomic E-state index is 0.00617. The van der Waals surface area contributed by atoms with Gasteiger partial charge in [0.2, 0.25) is 5.91 Å². The van der Waals surface area contributed by atoms with Gasteiger partial charge in [0.05, 0.1) is 0 Å². The molecular formula is C5H7ClNO. The monoisotopic (exact) mass is 132 g/mol. The quantitative estimate of drug-likeness (QED) is 0.434. The third kappa shape index (κ3) is 0.802. The molecule has 2 nitrogen and oxygen atoms in total. The summed E-state index contributed by atoms with van der Waals surface area (Å²) in [7, 11) is 1.74. The second-order valence-electron chi connectivity index (χ2n) is 1.86. The lowest BCUT2D eigenvalue weighted by Gasteiger charge is -2.04. The van der Waals surface area contributed by atoms with Crippen LogP contribution < -0.4 is 0 Å². The zero-order valence-electron chi connectivity index (χ0n) is 4.60. The molecule has 1 rings (SSSR count). The highest BCUT2D eigenvalue weighted by atomic mass is 35.5. The van der Waals surface area contributed by atoms with Gasteiger partial charge >= 0.3 is 0 Å². The lowest BCUT2D eigenvalue weighted by molar-refractivity contribution is -0.126. The summed E-state index contributed by atoms with van der Waals surface area (Å²) in [6, 6.07) is 0. The highest BCUT2D eigenvalue weighted by Crippen LogP contribution is 2.12. The average molecular weight is 133 g/mol. The molecule has 1 heterocycles. The van der Waals surface area contributed by atoms with E-state index in [1.165, 1.54) is 0 Å². The molecule has 1 saturated heterocycles.